The lowest BCUT2D eigenvalue weighted by molar-refractivity contribution is -0.133. The van der Waals surface area contributed by atoms with Gasteiger partial charge in [0.1, 0.15) is 0 Å². The van der Waals surface area contributed by atoms with Crippen molar-refractivity contribution < 1.29 is 9.53 Å². The molecule has 2 aliphatic rings. The van der Waals surface area contributed by atoms with Crippen molar-refractivity contribution in [3.05, 3.63) is 35.9 Å². The molecule has 2 aliphatic heterocycles. The zero-order valence-electron chi connectivity index (χ0n) is 17.4. The number of likely N-dealkylation sites (tertiary alicyclic amines) is 1. The number of nitrogens with zero attached hydrogens (tertiary/aromatic N) is 2. The van der Waals surface area contributed by atoms with Gasteiger partial charge in [-0.1, -0.05) is 44.2 Å². The average molecular weight is 387 g/mol. The molecule has 2 heterocycles. The number of ether oxygens (including phenoxy) is 1. The second-order valence-electron chi connectivity index (χ2n) is 8.04. The molecular formula is C22H34N4O2. The fraction of sp³-hybridized carbons (Fsp3) is 0.636. The molecule has 3 atom stereocenters. The molecule has 1 amide bonds. The third-order valence-corrected chi connectivity index (χ3v) is 5.51. The third-order valence-electron chi connectivity index (χ3n) is 5.51. The van der Waals surface area contributed by atoms with E-state index in [-0.39, 0.29) is 24.0 Å². The van der Waals surface area contributed by atoms with Gasteiger partial charge in [0.2, 0.25) is 5.91 Å². The van der Waals surface area contributed by atoms with Crippen LogP contribution in [0.3, 0.4) is 0 Å². The van der Waals surface area contributed by atoms with E-state index < -0.39 is 0 Å². The SMILES string of the molecule is CCNC(=NCC1CCOC1c1ccccc1)NC1CCN(C(=O)C(C)C)C1. The van der Waals surface area contributed by atoms with E-state index in [0.29, 0.717) is 5.92 Å². The lowest BCUT2D eigenvalue weighted by atomic mass is 9.95. The molecule has 1 aromatic carbocycles. The summed E-state index contributed by atoms with van der Waals surface area (Å²) in [4.78, 5) is 19.0. The molecule has 0 saturated carbocycles. The summed E-state index contributed by atoms with van der Waals surface area (Å²) in [6.07, 6.45) is 2.11. The monoisotopic (exact) mass is 386 g/mol. The fourth-order valence-corrected chi connectivity index (χ4v) is 4.00. The Morgan fingerprint density at radius 1 is 1.29 bits per heavy atom. The summed E-state index contributed by atoms with van der Waals surface area (Å²) in [5, 5.41) is 6.87. The van der Waals surface area contributed by atoms with E-state index in [1.54, 1.807) is 0 Å². The first-order chi connectivity index (χ1) is 13.6. The second kappa shape index (κ2) is 9.92. The van der Waals surface area contributed by atoms with Crippen LogP contribution in [0, 0.1) is 11.8 Å². The third kappa shape index (κ3) is 5.25. The number of benzene rings is 1. The summed E-state index contributed by atoms with van der Waals surface area (Å²) >= 11 is 0. The van der Waals surface area contributed by atoms with Crippen molar-refractivity contribution in [2.75, 3.05) is 32.8 Å². The molecule has 0 radical (unpaired) electrons. The summed E-state index contributed by atoms with van der Waals surface area (Å²) in [5.41, 5.74) is 1.23. The van der Waals surface area contributed by atoms with Crippen LogP contribution >= 0.6 is 0 Å². The zero-order chi connectivity index (χ0) is 19.9. The van der Waals surface area contributed by atoms with E-state index in [9.17, 15) is 4.79 Å². The van der Waals surface area contributed by atoms with Crippen molar-refractivity contribution in [2.45, 2.75) is 45.8 Å². The molecule has 1 aromatic rings. The van der Waals surface area contributed by atoms with Crippen molar-refractivity contribution >= 4 is 11.9 Å². The Balaban J connectivity index is 1.58. The van der Waals surface area contributed by atoms with Gasteiger partial charge in [0.05, 0.1) is 6.10 Å². The zero-order valence-corrected chi connectivity index (χ0v) is 17.4. The first-order valence-corrected chi connectivity index (χ1v) is 10.6. The molecular weight excluding hydrogens is 352 g/mol. The summed E-state index contributed by atoms with van der Waals surface area (Å²) in [7, 11) is 0. The maximum Gasteiger partial charge on any atom is 0.225 e. The van der Waals surface area contributed by atoms with Crippen molar-refractivity contribution in [3.8, 4) is 0 Å². The maximum atomic E-state index is 12.2. The number of hydrogen-bond donors (Lipinski definition) is 2. The predicted octanol–water partition coefficient (Wildman–Crippen LogP) is 2.58. The Morgan fingerprint density at radius 3 is 2.79 bits per heavy atom. The molecule has 0 spiro atoms. The average Bonchev–Trinajstić information content (AvgIpc) is 3.36. The van der Waals surface area contributed by atoms with Crippen LogP contribution in [0.5, 0.6) is 0 Å². The first kappa shape index (κ1) is 20.6. The Hall–Kier alpha value is -2.08. The lowest BCUT2D eigenvalue weighted by Gasteiger charge is -2.21. The molecule has 2 fully saturated rings. The lowest BCUT2D eigenvalue weighted by Crippen LogP contribution is -2.45. The van der Waals surface area contributed by atoms with Crippen LogP contribution in [0.15, 0.2) is 35.3 Å². The number of carbonyl (C=O) groups is 1. The molecule has 3 unspecified atom stereocenters. The van der Waals surface area contributed by atoms with Crippen LogP contribution in [0.2, 0.25) is 0 Å². The minimum absolute atomic E-state index is 0.0536. The molecule has 0 aromatic heterocycles. The first-order valence-electron chi connectivity index (χ1n) is 10.6. The Morgan fingerprint density at radius 2 is 2.07 bits per heavy atom. The number of nitrogens with one attached hydrogen (secondary N) is 2. The van der Waals surface area contributed by atoms with Gasteiger partial charge < -0.3 is 20.3 Å². The molecule has 28 heavy (non-hydrogen) atoms. The van der Waals surface area contributed by atoms with E-state index in [4.69, 9.17) is 9.73 Å². The van der Waals surface area contributed by atoms with Crippen LogP contribution < -0.4 is 10.6 Å². The van der Waals surface area contributed by atoms with Gasteiger partial charge in [-0.05, 0) is 25.3 Å². The standard InChI is InChI=1S/C22H34N4O2/c1-4-23-22(25-19-10-12-26(15-19)21(27)16(2)3)24-14-18-11-13-28-20(18)17-8-6-5-7-9-17/h5-9,16,18-20H,4,10-15H2,1-3H3,(H2,23,24,25). The molecule has 2 saturated heterocycles. The smallest absolute Gasteiger partial charge is 0.225 e. The minimum atomic E-state index is 0.0536. The summed E-state index contributed by atoms with van der Waals surface area (Å²) < 4.78 is 5.99. The van der Waals surface area contributed by atoms with Gasteiger partial charge in [-0.15, -0.1) is 0 Å². The van der Waals surface area contributed by atoms with Crippen LogP contribution in [-0.2, 0) is 9.53 Å². The van der Waals surface area contributed by atoms with Gasteiger partial charge in [-0.3, -0.25) is 9.79 Å². The number of aliphatic imine (C=N–C) groups is 1. The number of rotatable bonds is 6. The normalized spacial score (nSPS) is 25.4. The van der Waals surface area contributed by atoms with Crippen molar-refractivity contribution in [3.63, 3.8) is 0 Å². The van der Waals surface area contributed by atoms with Crippen LogP contribution in [-0.4, -0.2) is 55.6 Å². The second-order valence-corrected chi connectivity index (χ2v) is 8.04. The van der Waals surface area contributed by atoms with Gasteiger partial charge in [0, 0.05) is 50.7 Å². The van der Waals surface area contributed by atoms with Gasteiger partial charge >= 0.3 is 0 Å². The molecule has 154 valence electrons. The van der Waals surface area contributed by atoms with E-state index in [2.05, 4.69) is 41.8 Å². The Labute approximate surface area is 168 Å². The van der Waals surface area contributed by atoms with Crippen LogP contribution in [0.1, 0.15) is 45.3 Å². The molecule has 3 rings (SSSR count). The highest BCUT2D eigenvalue weighted by Crippen LogP contribution is 2.34. The van der Waals surface area contributed by atoms with E-state index in [1.807, 2.05) is 24.8 Å². The van der Waals surface area contributed by atoms with Crippen molar-refractivity contribution in [1.29, 1.82) is 0 Å². The van der Waals surface area contributed by atoms with Crippen molar-refractivity contribution in [1.82, 2.24) is 15.5 Å². The van der Waals surface area contributed by atoms with Gasteiger partial charge in [-0.25, -0.2) is 0 Å². The van der Waals surface area contributed by atoms with Crippen LogP contribution in [0.25, 0.3) is 0 Å². The quantitative estimate of drug-likeness (QED) is 0.583. The van der Waals surface area contributed by atoms with E-state index in [0.717, 1.165) is 51.6 Å². The van der Waals surface area contributed by atoms with E-state index in [1.165, 1.54) is 5.56 Å². The Bertz CT molecular complexity index is 662. The molecule has 0 bridgehead atoms. The highest BCUT2D eigenvalue weighted by molar-refractivity contribution is 5.81. The fourth-order valence-electron chi connectivity index (χ4n) is 4.00. The maximum absolute atomic E-state index is 12.2. The molecule has 6 nitrogen and oxygen atoms in total. The summed E-state index contributed by atoms with van der Waals surface area (Å²) in [6.45, 7) is 9.90. The highest BCUT2D eigenvalue weighted by atomic mass is 16.5. The largest absolute Gasteiger partial charge is 0.373 e. The highest BCUT2D eigenvalue weighted by Gasteiger charge is 2.30. The number of guanidine groups is 1. The topological polar surface area (TPSA) is 66.0 Å². The van der Waals surface area contributed by atoms with Gasteiger partial charge in [-0.2, -0.15) is 0 Å². The molecule has 0 aliphatic carbocycles. The van der Waals surface area contributed by atoms with Crippen LogP contribution in [0.4, 0.5) is 0 Å². The summed E-state index contributed by atoms with van der Waals surface area (Å²) in [5.74, 6) is 1.52. The molecule has 6 heteroatoms. The number of carbonyl (C=O) groups excluding carboxylic acids is 1. The number of amides is 1. The Kier molecular flexibility index (Phi) is 7.31. The predicted molar refractivity (Wildman–Crippen MR) is 112 cm³/mol. The summed E-state index contributed by atoms with van der Waals surface area (Å²) in [6, 6.07) is 10.7. The number of hydrogen-bond acceptors (Lipinski definition) is 3. The van der Waals surface area contributed by atoms with Gasteiger partial charge in [0.25, 0.3) is 0 Å². The van der Waals surface area contributed by atoms with Crippen molar-refractivity contribution in [2.24, 2.45) is 16.8 Å². The minimum Gasteiger partial charge on any atom is -0.373 e. The van der Waals surface area contributed by atoms with E-state index >= 15 is 0 Å². The molecule has 2 N–H and O–H groups in total. The van der Waals surface area contributed by atoms with Gasteiger partial charge in [0.15, 0.2) is 5.96 Å².